The first-order valence-electron chi connectivity index (χ1n) is 20.6. The maximum absolute atomic E-state index is 6.96. The fraction of sp³-hybridized carbons (Fsp3) is 0.107. The van der Waals surface area contributed by atoms with Crippen molar-refractivity contribution < 1.29 is 8.83 Å². The summed E-state index contributed by atoms with van der Waals surface area (Å²) >= 11 is 0. The van der Waals surface area contributed by atoms with Gasteiger partial charge < -0.3 is 13.7 Å². The molecule has 2 heterocycles. The van der Waals surface area contributed by atoms with E-state index in [2.05, 4.69) is 209 Å². The van der Waals surface area contributed by atoms with Gasteiger partial charge in [-0.1, -0.05) is 143 Å². The number of benzene rings is 8. The minimum Gasteiger partial charge on any atom is -0.456 e. The van der Waals surface area contributed by atoms with Gasteiger partial charge in [0.25, 0.3) is 0 Å². The van der Waals surface area contributed by atoms with E-state index in [-0.39, 0.29) is 10.8 Å². The SMILES string of the molecule is CC1(C)C2=C(c3c1cc(-c1ccc(N(c4ccccc4)c4ccc(-c5ccccc5)cc4)cc1)c1oc4ccccc4c31)C(C)(C)c1c2ccc2oc3ccccc3c12. The molecule has 0 atom stereocenters. The Labute approximate surface area is 343 Å². The summed E-state index contributed by atoms with van der Waals surface area (Å²) in [5.74, 6) is 0. The maximum Gasteiger partial charge on any atom is 0.143 e. The van der Waals surface area contributed by atoms with Crippen molar-refractivity contribution in [2.24, 2.45) is 0 Å². The number of rotatable bonds is 5. The zero-order valence-electron chi connectivity index (χ0n) is 33.5. The van der Waals surface area contributed by atoms with Gasteiger partial charge in [0.1, 0.15) is 22.3 Å². The summed E-state index contributed by atoms with van der Waals surface area (Å²) < 4.78 is 13.4. The lowest BCUT2D eigenvalue weighted by molar-refractivity contribution is 0.664. The number of para-hydroxylation sites is 3. The summed E-state index contributed by atoms with van der Waals surface area (Å²) in [5.41, 5.74) is 19.3. The molecule has 2 aliphatic rings. The third kappa shape index (κ3) is 4.76. The molecule has 0 amide bonds. The van der Waals surface area contributed by atoms with E-state index in [1.165, 1.54) is 60.7 Å². The van der Waals surface area contributed by atoms with E-state index >= 15 is 0 Å². The van der Waals surface area contributed by atoms with Gasteiger partial charge >= 0.3 is 0 Å². The first kappa shape index (κ1) is 34.0. The van der Waals surface area contributed by atoms with Crippen LogP contribution in [0.5, 0.6) is 0 Å². The molecular formula is C56H41NO2. The molecule has 0 fully saturated rings. The van der Waals surface area contributed by atoms with Gasteiger partial charge in [0.15, 0.2) is 0 Å². The largest absolute Gasteiger partial charge is 0.456 e. The number of furan rings is 2. The third-order valence-electron chi connectivity index (χ3n) is 13.2. The Morgan fingerprint density at radius 3 is 1.63 bits per heavy atom. The highest BCUT2D eigenvalue weighted by Gasteiger charge is 2.52. The number of anilines is 3. The average molecular weight is 760 g/mol. The minimum atomic E-state index is -0.284. The number of hydrogen-bond acceptors (Lipinski definition) is 3. The summed E-state index contributed by atoms with van der Waals surface area (Å²) in [5, 5.41) is 4.77. The number of hydrogen-bond donors (Lipinski definition) is 0. The molecule has 0 spiro atoms. The Balaban J connectivity index is 1.02. The molecule has 12 rings (SSSR count). The van der Waals surface area contributed by atoms with E-state index in [9.17, 15) is 0 Å². The van der Waals surface area contributed by atoms with Gasteiger partial charge in [-0.15, -0.1) is 0 Å². The molecular weight excluding hydrogens is 719 g/mol. The van der Waals surface area contributed by atoms with Gasteiger partial charge in [-0.25, -0.2) is 0 Å². The lowest BCUT2D eigenvalue weighted by Crippen LogP contribution is -2.19. The molecule has 2 aliphatic carbocycles. The zero-order valence-corrected chi connectivity index (χ0v) is 33.5. The first-order valence-corrected chi connectivity index (χ1v) is 20.6. The van der Waals surface area contributed by atoms with Gasteiger partial charge in [0.2, 0.25) is 0 Å². The minimum absolute atomic E-state index is 0.266. The molecule has 0 radical (unpaired) electrons. The van der Waals surface area contributed by atoms with Gasteiger partial charge in [0, 0.05) is 55.0 Å². The molecule has 0 saturated carbocycles. The maximum atomic E-state index is 6.96. The molecule has 8 aromatic carbocycles. The number of nitrogens with zero attached hydrogens (tertiary/aromatic N) is 1. The summed E-state index contributed by atoms with van der Waals surface area (Å²) in [6.45, 7) is 9.65. The summed E-state index contributed by atoms with van der Waals surface area (Å²) in [6, 6.07) is 63.0. The molecule has 0 bridgehead atoms. The monoisotopic (exact) mass is 759 g/mol. The Morgan fingerprint density at radius 2 is 0.949 bits per heavy atom. The highest BCUT2D eigenvalue weighted by Crippen LogP contribution is 2.66. The van der Waals surface area contributed by atoms with Crippen molar-refractivity contribution in [3.8, 4) is 22.3 Å². The molecule has 2 aromatic heterocycles. The summed E-state index contributed by atoms with van der Waals surface area (Å²) in [6.07, 6.45) is 0. The van der Waals surface area contributed by atoms with E-state index < -0.39 is 0 Å². The van der Waals surface area contributed by atoms with Crippen LogP contribution in [-0.2, 0) is 10.8 Å². The highest BCUT2D eigenvalue weighted by molar-refractivity contribution is 6.24. The molecule has 0 aliphatic heterocycles. The van der Waals surface area contributed by atoms with Gasteiger partial charge in [-0.05, 0) is 111 Å². The Morgan fingerprint density at radius 1 is 0.407 bits per heavy atom. The van der Waals surface area contributed by atoms with Crippen molar-refractivity contribution >= 4 is 72.1 Å². The quantitative estimate of drug-likeness (QED) is 0.175. The van der Waals surface area contributed by atoms with E-state index in [0.29, 0.717) is 0 Å². The predicted octanol–water partition coefficient (Wildman–Crippen LogP) is 15.8. The van der Waals surface area contributed by atoms with Crippen LogP contribution in [0.25, 0.3) is 77.3 Å². The molecule has 59 heavy (non-hydrogen) atoms. The van der Waals surface area contributed by atoms with Gasteiger partial charge in [0.05, 0.1) is 0 Å². The Bertz CT molecular complexity index is 3340. The normalized spacial score (nSPS) is 15.0. The number of allylic oxidation sites excluding steroid dienone is 2. The van der Waals surface area contributed by atoms with Crippen LogP contribution in [0.3, 0.4) is 0 Å². The van der Waals surface area contributed by atoms with E-state index in [1.807, 2.05) is 0 Å². The second-order valence-electron chi connectivity index (χ2n) is 17.2. The van der Waals surface area contributed by atoms with Crippen LogP contribution in [0, 0.1) is 0 Å². The fourth-order valence-corrected chi connectivity index (χ4v) is 10.6. The van der Waals surface area contributed by atoms with E-state index in [1.54, 1.807) is 0 Å². The second-order valence-corrected chi connectivity index (χ2v) is 17.2. The first-order chi connectivity index (χ1) is 28.8. The molecule has 0 saturated heterocycles. The topological polar surface area (TPSA) is 29.5 Å². The molecule has 282 valence electrons. The standard InChI is InChI=1S/C56H41NO2/c1-55(2)44-33-43(36-25-29-39(30-26-36)57(37-17-9-6-10-18-37)38-27-23-35(24-28-38)34-15-7-5-8-16-34)54-49(41-20-12-14-22-46(41)59-54)50(44)53-52(55)42-31-32-47-48(51(42)56(53,3)4)40-19-11-13-21-45(40)58-47/h5-33H,1-4H3. The Kier molecular flexibility index (Phi) is 7.03. The molecule has 10 aromatic rings. The number of fused-ring (bicyclic) bond motifs is 12. The lowest BCUT2D eigenvalue weighted by atomic mass is 9.73. The van der Waals surface area contributed by atoms with Crippen LogP contribution in [0.1, 0.15) is 49.9 Å². The second kappa shape index (κ2) is 12.2. The highest BCUT2D eigenvalue weighted by atomic mass is 16.3. The predicted molar refractivity (Wildman–Crippen MR) is 246 cm³/mol. The van der Waals surface area contributed by atoms with Crippen molar-refractivity contribution in [3.63, 3.8) is 0 Å². The van der Waals surface area contributed by atoms with E-state index in [4.69, 9.17) is 8.83 Å². The van der Waals surface area contributed by atoms with Gasteiger partial charge in [-0.3, -0.25) is 0 Å². The summed E-state index contributed by atoms with van der Waals surface area (Å²) in [4.78, 5) is 2.33. The van der Waals surface area contributed by atoms with Crippen LogP contribution >= 0.6 is 0 Å². The lowest BCUT2D eigenvalue weighted by Gasteiger charge is -2.29. The Hall–Kier alpha value is -7.10. The van der Waals surface area contributed by atoms with Crippen LogP contribution < -0.4 is 4.90 Å². The summed E-state index contributed by atoms with van der Waals surface area (Å²) in [7, 11) is 0. The van der Waals surface area contributed by atoms with Gasteiger partial charge in [-0.2, -0.15) is 0 Å². The smallest absolute Gasteiger partial charge is 0.143 e. The molecule has 3 heteroatoms. The van der Waals surface area contributed by atoms with Crippen LogP contribution in [0.15, 0.2) is 185 Å². The molecule has 0 unspecified atom stereocenters. The van der Waals surface area contributed by atoms with Crippen LogP contribution in [0.4, 0.5) is 17.1 Å². The van der Waals surface area contributed by atoms with Crippen molar-refractivity contribution in [2.75, 3.05) is 4.90 Å². The molecule has 3 nitrogen and oxygen atoms in total. The van der Waals surface area contributed by atoms with E-state index in [0.717, 1.165) is 55.9 Å². The van der Waals surface area contributed by atoms with Crippen molar-refractivity contribution in [3.05, 3.63) is 198 Å². The van der Waals surface area contributed by atoms with Crippen LogP contribution in [0.2, 0.25) is 0 Å². The fourth-order valence-electron chi connectivity index (χ4n) is 10.6. The van der Waals surface area contributed by atoms with Crippen molar-refractivity contribution in [1.29, 1.82) is 0 Å². The van der Waals surface area contributed by atoms with Crippen molar-refractivity contribution in [2.45, 2.75) is 38.5 Å². The zero-order chi connectivity index (χ0) is 39.6. The average Bonchev–Trinajstić information content (AvgIpc) is 3.98. The molecule has 0 N–H and O–H groups in total. The van der Waals surface area contributed by atoms with Crippen LogP contribution in [-0.4, -0.2) is 0 Å². The van der Waals surface area contributed by atoms with Crippen molar-refractivity contribution in [1.82, 2.24) is 0 Å². The third-order valence-corrected chi connectivity index (χ3v) is 13.2.